The predicted octanol–water partition coefficient (Wildman–Crippen LogP) is 3.29. The van der Waals surface area contributed by atoms with E-state index in [0.29, 0.717) is 11.3 Å². The Morgan fingerprint density at radius 2 is 1.38 bits per heavy atom. The van der Waals surface area contributed by atoms with Crippen molar-refractivity contribution >= 4 is 11.8 Å². The number of carbonyl (C=O) groups is 1. The fourth-order valence-corrected chi connectivity index (χ4v) is 2.37. The quantitative estimate of drug-likeness (QED) is 0.771. The molecule has 0 aliphatic heterocycles. The van der Waals surface area contributed by atoms with E-state index in [4.69, 9.17) is 15.9 Å². The molecule has 3 aromatic rings. The monoisotopic (exact) mass is 278 g/mol. The van der Waals surface area contributed by atoms with E-state index in [-0.39, 0.29) is 11.4 Å². The molecule has 0 saturated carbocycles. The van der Waals surface area contributed by atoms with E-state index in [1.54, 1.807) is 0 Å². The van der Waals surface area contributed by atoms with Gasteiger partial charge in [-0.2, -0.15) is 0 Å². The number of furan rings is 1. The summed E-state index contributed by atoms with van der Waals surface area (Å²) in [4.78, 5) is 11.7. The van der Waals surface area contributed by atoms with Gasteiger partial charge < -0.3 is 15.9 Å². The molecule has 3 rings (SSSR count). The van der Waals surface area contributed by atoms with Crippen LogP contribution in [0, 0.1) is 0 Å². The topological polar surface area (TPSA) is 82.2 Å². The Morgan fingerprint density at radius 1 is 0.857 bits per heavy atom. The summed E-state index contributed by atoms with van der Waals surface area (Å²) >= 11 is 0. The molecule has 4 N–H and O–H groups in total. The summed E-state index contributed by atoms with van der Waals surface area (Å²) in [5.74, 6) is -0.00871. The first-order chi connectivity index (χ1) is 10.2. The molecule has 1 amide bonds. The van der Waals surface area contributed by atoms with Crippen LogP contribution in [0.25, 0.3) is 22.5 Å². The van der Waals surface area contributed by atoms with E-state index < -0.39 is 5.91 Å². The lowest BCUT2D eigenvalue weighted by Crippen LogP contribution is -2.13. The third-order valence-electron chi connectivity index (χ3n) is 3.28. The minimum Gasteiger partial charge on any atom is -0.439 e. The number of benzene rings is 2. The average Bonchev–Trinajstić information content (AvgIpc) is 2.86. The highest BCUT2D eigenvalue weighted by atomic mass is 16.4. The van der Waals surface area contributed by atoms with E-state index in [1.165, 1.54) is 0 Å². The first-order valence-corrected chi connectivity index (χ1v) is 6.51. The maximum atomic E-state index is 11.7. The van der Waals surface area contributed by atoms with Crippen molar-refractivity contribution in [3.8, 4) is 22.5 Å². The van der Waals surface area contributed by atoms with Crippen molar-refractivity contribution in [1.82, 2.24) is 0 Å². The van der Waals surface area contributed by atoms with Crippen LogP contribution in [0.4, 0.5) is 5.88 Å². The molecule has 0 spiro atoms. The first kappa shape index (κ1) is 13.0. The highest BCUT2D eigenvalue weighted by Crippen LogP contribution is 2.40. The summed E-state index contributed by atoms with van der Waals surface area (Å²) in [6.45, 7) is 0. The maximum Gasteiger partial charge on any atom is 0.254 e. The van der Waals surface area contributed by atoms with Crippen molar-refractivity contribution in [2.45, 2.75) is 0 Å². The van der Waals surface area contributed by atoms with Crippen molar-refractivity contribution in [1.29, 1.82) is 0 Å². The van der Waals surface area contributed by atoms with Crippen molar-refractivity contribution in [2.75, 3.05) is 5.73 Å². The highest BCUT2D eigenvalue weighted by Gasteiger charge is 2.24. The number of primary amides is 1. The van der Waals surface area contributed by atoms with Gasteiger partial charge in [0.05, 0.1) is 0 Å². The highest BCUT2D eigenvalue weighted by molar-refractivity contribution is 6.07. The Morgan fingerprint density at radius 3 is 1.90 bits per heavy atom. The van der Waals surface area contributed by atoms with Gasteiger partial charge in [0.25, 0.3) is 5.91 Å². The molecule has 4 nitrogen and oxygen atoms in total. The number of nitrogen functional groups attached to an aromatic ring is 1. The lowest BCUT2D eigenvalue weighted by atomic mass is 9.97. The third-order valence-corrected chi connectivity index (χ3v) is 3.28. The molecule has 21 heavy (non-hydrogen) atoms. The number of rotatable bonds is 3. The summed E-state index contributed by atoms with van der Waals surface area (Å²) in [5.41, 5.74) is 13.9. The van der Waals surface area contributed by atoms with Crippen molar-refractivity contribution < 1.29 is 9.21 Å². The second-order valence-electron chi connectivity index (χ2n) is 4.64. The second kappa shape index (κ2) is 5.17. The Hall–Kier alpha value is -3.01. The molecule has 0 saturated heterocycles. The standard InChI is InChI=1S/C17H14N2O2/c18-16(20)14-13(11-7-3-1-4-8-11)15(21-17(14)19)12-9-5-2-6-10-12/h1-10H,19H2,(H2,18,20). The van der Waals surface area contributed by atoms with Crippen LogP contribution < -0.4 is 11.5 Å². The van der Waals surface area contributed by atoms with Gasteiger partial charge in [0, 0.05) is 11.1 Å². The zero-order valence-corrected chi connectivity index (χ0v) is 11.2. The van der Waals surface area contributed by atoms with E-state index in [2.05, 4.69) is 0 Å². The number of hydrogen-bond acceptors (Lipinski definition) is 3. The Kier molecular flexibility index (Phi) is 3.20. The van der Waals surface area contributed by atoms with Gasteiger partial charge in [0.2, 0.25) is 5.88 Å². The van der Waals surface area contributed by atoms with E-state index in [1.807, 2.05) is 60.7 Å². The van der Waals surface area contributed by atoms with Crippen molar-refractivity contribution in [3.05, 3.63) is 66.2 Å². The maximum absolute atomic E-state index is 11.7. The SMILES string of the molecule is NC(=O)c1c(N)oc(-c2ccccc2)c1-c1ccccc1. The minimum absolute atomic E-state index is 0.0419. The molecule has 0 atom stereocenters. The molecule has 0 radical (unpaired) electrons. The van der Waals surface area contributed by atoms with Crippen LogP contribution in [-0.2, 0) is 0 Å². The lowest BCUT2D eigenvalue weighted by Gasteiger charge is -2.04. The van der Waals surface area contributed by atoms with Crippen LogP contribution in [0.2, 0.25) is 0 Å². The summed E-state index contributed by atoms with van der Waals surface area (Å²) in [7, 11) is 0. The van der Waals surface area contributed by atoms with Crippen LogP contribution in [0.15, 0.2) is 65.1 Å². The van der Waals surface area contributed by atoms with Crippen LogP contribution in [0.5, 0.6) is 0 Å². The molecule has 1 aromatic heterocycles. The van der Waals surface area contributed by atoms with Gasteiger partial charge in [-0.3, -0.25) is 4.79 Å². The molecule has 0 unspecified atom stereocenters. The zero-order chi connectivity index (χ0) is 14.8. The number of hydrogen-bond donors (Lipinski definition) is 2. The van der Waals surface area contributed by atoms with Gasteiger partial charge >= 0.3 is 0 Å². The fourth-order valence-electron chi connectivity index (χ4n) is 2.37. The Balaban J connectivity index is 2.32. The van der Waals surface area contributed by atoms with Crippen molar-refractivity contribution in [2.24, 2.45) is 5.73 Å². The van der Waals surface area contributed by atoms with E-state index in [9.17, 15) is 4.79 Å². The number of amides is 1. The first-order valence-electron chi connectivity index (χ1n) is 6.51. The van der Waals surface area contributed by atoms with Gasteiger partial charge in [-0.15, -0.1) is 0 Å². The average molecular weight is 278 g/mol. The van der Waals surface area contributed by atoms with Gasteiger partial charge in [0.1, 0.15) is 11.3 Å². The summed E-state index contributed by atoms with van der Waals surface area (Å²) in [5, 5.41) is 0. The van der Waals surface area contributed by atoms with E-state index >= 15 is 0 Å². The molecule has 2 aromatic carbocycles. The van der Waals surface area contributed by atoms with Crippen molar-refractivity contribution in [3.63, 3.8) is 0 Å². The molecular weight excluding hydrogens is 264 g/mol. The summed E-state index contributed by atoms with van der Waals surface area (Å²) < 4.78 is 5.62. The number of nitrogens with two attached hydrogens (primary N) is 2. The summed E-state index contributed by atoms with van der Waals surface area (Å²) in [6.07, 6.45) is 0. The lowest BCUT2D eigenvalue weighted by molar-refractivity contribution is 0.100. The molecule has 0 aliphatic carbocycles. The Labute approximate surface area is 122 Å². The number of anilines is 1. The summed E-state index contributed by atoms with van der Waals surface area (Å²) in [6, 6.07) is 19.0. The smallest absolute Gasteiger partial charge is 0.254 e. The molecule has 104 valence electrons. The van der Waals surface area contributed by atoms with Gasteiger partial charge in [0.15, 0.2) is 0 Å². The largest absolute Gasteiger partial charge is 0.439 e. The third kappa shape index (κ3) is 2.27. The molecule has 0 bridgehead atoms. The van der Waals surface area contributed by atoms with Gasteiger partial charge in [-0.05, 0) is 5.56 Å². The molecule has 0 fully saturated rings. The van der Waals surface area contributed by atoms with Gasteiger partial charge in [-0.1, -0.05) is 60.7 Å². The normalized spacial score (nSPS) is 10.5. The molecule has 0 aliphatic rings. The second-order valence-corrected chi connectivity index (χ2v) is 4.64. The van der Waals surface area contributed by atoms with Crippen LogP contribution >= 0.6 is 0 Å². The minimum atomic E-state index is -0.600. The molecule has 1 heterocycles. The van der Waals surface area contributed by atoms with Crippen LogP contribution in [0.1, 0.15) is 10.4 Å². The van der Waals surface area contributed by atoms with Crippen LogP contribution in [-0.4, -0.2) is 5.91 Å². The molecular formula is C17H14N2O2. The number of carbonyl (C=O) groups excluding carboxylic acids is 1. The predicted molar refractivity (Wildman–Crippen MR) is 82.5 cm³/mol. The van der Waals surface area contributed by atoms with Crippen LogP contribution in [0.3, 0.4) is 0 Å². The van der Waals surface area contributed by atoms with Gasteiger partial charge in [-0.25, -0.2) is 0 Å². The van der Waals surface area contributed by atoms with E-state index in [0.717, 1.165) is 11.1 Å². The Bertz CT molecular complexity index is 777. The fraction of sp³-hybridized carbons (Fsp3) is 0. The molecule has 4 heteroatoms. The zero-order valence-electron chi connectivity index (χ0n) is 11.2.